The van der Waals surface area contributed by atoms with Crippen LogP contribution in [-0.4, -0.2) is 55.2 Å². The summed E-state index contributed by atoms with van der Waals surface area (Å²) in [6.45, 7) is 8.85. The van der Waals surface area contributed by atoms with Gasteiger partial charge in [0, 0.05) is 39.3 Å². The Balaban J connectivity index is 1.24. The molecule has 2 N–H and O–H groups in total. The molecule has 0 radical (unpaired) electrons. The average molecular weight is 423 g/mol. The van der Waals surface area contributed by atoms with Gasteiger partial charge in [0.1, 0.15) is 0 Å². The number of nitrogens with zero attached hydrogens (tertiary/aromatic N) is 2. The number of rotatable bonds is 8. The summed E-state index contributed by atoms with van der Waals surface area (Å²) in [5.74, 6) is 0. The van der Waals surface area contributed by atoms with Crippen molar-refractivity contribution in [2.24, 2.45) is 0 Å². The lowest BCUT2D eigenvalue weighted by molar-refractivity contribution is 0.0341. The van der Waals surface area contributed by atoms with Crippen molar-refractivity contribution in [3.05, 3.63) is 70.8 Å². The van der Waals surface area contributed by atoms with Crippen LogP contribution in [0.25, 0.3) is 0 Å². The number of likely N-dealkylation sites (tertiary alicyclic amines) is 1. The topological polar surface area (TPSA) is 56.8 Å². The molecule has 2 aromatic rings. The van der Waals surface area contributed by atoms with E-state index in [0.717, 1.165) is 50.5 Å². The van der Waals surface area contributed by atoms with E-state index >= 15 is 0 Å². The van der Waals surface area contributed by atoms with Crippen LogP contribution in [0.3, 0.4) is 0 Å². The van der Waals surface area contributed by atoms with Gasteiger partial charge in [-0.25, -0.2) is 4.79 Å². The van der Waals surface area contributed by atoms with Crippen molar-refractivity contribution in [2.45, 2.75) is 39.0 Å². The van der Waals surface area contributed by atoms with E-state index in [-0.39, 0.29) is 6.03 Å². The molecular formula is C25H34N4O2. The molecule has 4 rings (SSSR count). The molecule has 0 atom stereocenters. The van der Waals surface area contributed by atoms with E-state index in [0.29, 0.717) is 13.1 Å². The van der Waals surface area contributed by atoms with Crippen molar-refractivity contribution in [1.82, 2.24) is 20.4 Å². The highest BCUT2D eigenvalue weighted by atomic mass is 16.5. The molecule has 6 nitrogen and oxygen atoms in total. The second-order valence-electron chi connectivity index (χ2n) is 8.50. The van der Waals surface area contributed by atoms with Crippen molar-refractivity contribution < 1.29 is 9.53 Å². The van der Waals surface area contributed by atoms with Gasteiger partial charge < -0.3 is 15.4 Å². The number of carbonyl (C=O) groups is 1. The second kappa shape index (κ2) is 11.3. The molecule has 0 saturated carbocycles. The number of morpholine rings is 1. The predicted molar refractivity (Wildman–Crippen MR) is 123 cm³/mol. The highest BCUT2D eigenvalue weighted by Crippen LogP contribution is 2.15. The molecule has 2 fully saturated rings. The normalized spacial score (nSPS) is 17.5. The summed E-state index contributed by atoms with van der Waals surface area (Å²) in [5, 5.41) is 6.02. The molecule has 2 saturated heterocycles. The number of hydrogen-bond acceptors (Lipinski definition) is 4. The lowest BCUT2D eigenvalue weighted by Gasteiger charge is -2.27. The van der Waals surface area contributed by atoms with Crippen molar-refractivity contribution >= 4 is 6.03 Å². The molecule has 0 spiro atoms. The maximum absolute atomic E-state index is 12.4. The molecule has 0 bridgehead atoms. The fourth-order valence-electron chi connectivity index (χ4n) is 4.34. The number of nitrogens with one attached hydrogen (secondary N) is 2. The molecule has 166 valence electrons. The smallest absolute Gasteiger partial charge is 0.315 e. The zero-order valence-corrected chi connectivity index (χ0v) is 18.3. The van der Waals surface area contributed by atoms with Gasteiger partial charge in [-0.3, -0.25) is 9.80 Å². The van der Waals surface area contributed by atoms with Gasteiger partial charge in [0.25, 0.3) is 0 Å². The van der Waals surface area contributed by atoms with Gasteiger partial charge >= 0.3 is 6.03 Å². The molecular weight excluding hydrogens is 388 g/mol. The van der Waals surface area contributed by atoms with Crippen LogP contribution in [0.1, 0.15) is 35.1 Å². The molecule has 2 aromatic carbocycles. The van der Waals surface area contributed by atoms with Crippen molar-refractivity contribution in [1.29, 1.82) is 0 Å². The Kier molecular flexibility index (Phi) is 7.93. The first-order chi connectivity index (χ1) is 15.3. The largest absolute Gasteiger partial charge is 0.379 e. The zero-order valence-electron chi connectivity index (χ0n) is 18.3. The fourth-order valence-corrected chi connectivity index (χ4v) is 4.34. The Labute approximate surface area is 185 Å². The second-order valence-corrected chi connectivity index (χ2v) is 8.50. The van der Waals surface area contributed by atoms with E-state index in [1.807, 2.05) is 6.07 Å². The monoisotopic (exact) mass is 422 g/mol. The minimum Gasteiger partial charge on any atom is -0.379 e. The van der Waals surface area contributed by atoms with E-state index in [2.05, 4.69) is 62.9 Å². The van der Waals surface area contributed by atoms with Gasteiger partial charge in [0.2, 0.25) is 0 Å². The third-order valence-corrected chi connectivity index (χ3v) is 6.10. The van der Waals surface area contributed by atoms with Crippen molar-refractivity contribution in [2.75, 3.05) is 39.4 Å². The lowest BCUT2D eigenvalue weighted by Crippen LogP contribution is -2.37. The first kappa shape index (κ1) is 21.8. The summed E-state index contributed by atoms with van der Waals surface area (Å²) in [7, 11) is 0. The maximum atomic E-state index is 12.4. The predicted octanol–water partition coefficient (Wildman–Crippen LogP) is 3.11. The van der Waals surface area contributed by atoms with Gasteiger partial charge in [0.05, 0.1) is 13.2 Å². The van der Waals surface area contributed by atoms with Crippen molar-refractivity contribution in [3.8, 4) is 0 Å². The molecule has 2 heterocycles. The van der Waals surface area contributed by atoms with Crippen LogP contribution < -0.4 is 10.6 Å². The number of ether oxygens (including phenoxy) is 1. The third kappa shape index (κ3) is 6.79. The van der Waals surface area contributed by atoms with Crippen LogP contribution in [0, 0.1) is 0 Å². The van der Waals surface area contributed by atoms with E-state index in [1.165, 1.54) is 37.1 Å². The number of amides is 2. The van der Waals surface area contributed by atoms with Crippen LogP contribution in [-0.2, 0) is 30.9 Å². The number of hydrogen-bond donors (Lipinski definition) is 2. The van der Waals surface area contributed by atoms with Gasteiger partial charge in [-0.05, 0) is 48.2 Å². The van der Waals surface area contributed by atoms with E-state index in [9.17, 15) is 4.79 Å². The first-order valence-corrected chi connectivity index (χ1v) is 11.4. The Morgan fingerprint density at radius 3 is 2.26 bits per heavy atom. The van der Waals surface area contributed by atoms with Gasteiger partial charge in [-0.15, -0.1) is 0 Å². The number of benzene rings is 2. The van der Waals surface area contributed by atoms with E-state index < -0.39 is 0 Å². The Bertz CT molecular complexity index is 845. The van der Waals surface area contributed by atoms with Gasteiger partial charge in [-0.1, -0.05) is 48.5 Å². The lowest BCUT2D eigenvalue weighted by atomic mass is 10.1. The molecule has 0 aromatic heterocycles. The minimum atomic E-state index is -0.133. The Hall–Kier alpha value is -2.41. The number of urea groups is 1. The van der Waals surface area contributed by atoms with Crippen LogP contribution >= 0.6 is 0 Å². The summed E-state index contributed by atoms with van der Waals surface area (Å²) in [6.07, 6.45) is 2.61. The zero-order chi connectivity index (χ0) is 21.3. The van der Waals surface area contributed by atoms with E-state index in [1.54, 1.807) is 0 Å². The molecule has 6 heteroatoms. The fraction of sp³-hybridized carbons (Fsp3) is 0.480. The van der Waals surface area contributed by atoms with Crippen molar-refractivity contribution in [3.63, 3.8) is 0 Å². The van der Waals surface area contributed by atoms with E-state index in [4.69, 9.17) is 4.74 Å². The quantitative estimate of drug-likeness (QED) is 0.686. The molecule has 2 amide bonds. The molecule has 2 aliphatic heterocycles. The summed E-state index contributed by atoms with van der Waals surface area (Å²) in [6, 6.07) is 16.7. The van der Waals surface area contributed by atoms with Crippen LogP contribution in [0.4, 0.5) is 4.79 Å². The standard InChI is InChI=1S/C25H34N4O2/c30-25(26-17-21-6-5-7-22(16-21)19-28-10-3-4-11-28)27-18-23-8-1-2-9-24(23)20-29-12-14-31-15-13-29/h1-2,5-9,16H,3-4,10-15,17-20H2,(H2,26,27,30). The third-order valence-electron chi connectivity index (χ3n) is 6.10. The van der Waals surface area contributed by atoms with Gasteiger partial charge in [0.15, 0.2) is 0 Å². The van der Waals surface area contributed by atoms with Gasteiger partial charge in [-0.2, -0.15) is 0 Å². The average Bonchev–Trinajstić information content (AvgIpc) is 3.31. The highest BCUT2D eigenvalue weighted by molar-refractivity contribution is 5.73. The van der Waals surface area contributed by atoms with Crippen LogP contribution in [0.2, 0.25) is 0 Å². The molecule has 0 aliphatic carbocycles. The summed E-state index contributed by atoms with van der Waals surface area (Å²) < 4.78 is 5.44. The molecule has 2 aliphatic rings. The Morgan fingerprint density at radius 2 is 1.45 bits per heavy atom. The highest BCUT2D eigenvalue weighted by Gasteiger charge is 2.14. The van der Waals surface area contributed by atoms with Crippen LogP contribution in [0.15, 0.2) is 48.5 Å². The SMILES string of the molecule is O=C(NCc1cccc(CN2CCCC2)c1)NCc1ccccc1CN1CCOCC1. The molecule has 31 heavy (non-hydrogen) atoms. The first-order valence-electron chi connectivity index (χ1n) is 11.4. The van der Waals surface area contributed by atoms with Crippen LogP contribution in [0.5, 0.6) is 0 Å². The maximum Gasteiger partial charge on any atom is 0.315 e. The molecule has 0 unspecified atom stereocenters. The Morgan fingerprint density at radius 1 is 0.774 bits per heavy atom. The summed E-state index contributed by atoms with van der Waals surface area (Å²) >= 11 is 0. The number of carbonyl (C=O) groups excluding carboxylic acids is 1. The summed E-state index contributed by atoms with van der Waals surface area (Å²) in [5.41, 5.74) is 4.88. The summed E-state index contributed by atoms with van der Waals surface area (Å²) in [4.78, 5) is 17.3. The minimum absolute atomic E-state index is 0.133.